The SMILES string of the molecule is O=C(O)CCCCCCC1C(=O)CCC1CCc1ccccc1. The van der Waals surface area contributed by atoms with Crippen molar-refractivity contribution < 1.29 is 14.7 Å². The van der Waals surface area contributed by atoms with Gasteiger partial charge in [0.15, 0.2) is 0 Å². The maximum atomic E-state index is 12.1. The van der Waals surface area contributed by atoms with Crippen molar-refractivity contribution in [1.82, 2.24) is 0 Å². The van der Waals surface area contributed by atoms with Gasteiger partial charge in [0.2, 0.25) is 0 Å². The molecule has 3 nitrogen and oxygen atoms in total. The molecular weight excluding hydrogens is 288 g/mol. The highest BCUT2D eigenvalue weighted by molar-refractivity contribution is 5.83. The summed E-state index contributed by atoms with van der Waals surface area (Å²) in [7, 11) is 0. The first kappa shape index (κ1) is 17.7. The number of Topliss-reactive ketones (excluding diaryl/α,β-unsaturated/α-hetero) is 1. The number of aryl methyl sites for hydroxylation is 1. The molecule has 0 amide bonds. The summed E-state index contributed by atoms with van der Waals surface area (Å²) in [5, 5.41) is 8.62. The molecule has 2 rings (SSSR count). The Kier molecular flexibility index (Phi) is 7.31. The minimum Gasteiger partial charge on any atom is -0.481 e. The van der Waals surface area contributed by atoms with Gasteiger partial charge in [0.1, 0.15) is 5.78 Å². The van der Waals surface area contributed by atoms with E-state index in [0.29, 0.717) is 11.7 Å². The first-order valence-corrected chi connectivity index (χ1v) is 8.95. The van der Waals surface area contributed by atoms with Crippen LogP contribution in [0, 0.1) is 11.8 Å². The molecule has 3 heteroatoms. The van der Waals surface area contributed by atoms with Crippen molar-refractivity contribution in [3.8, 4) is 0 Å². The second-order valence-corrected chi connectivity index (χ2v) is 6.74. The van der Waals surface area contributed by atoms with Crippen LogP contribution in [-0.4, -0.2) is 16.9 Å². The molecule has 126 valence electrons. The third-order valence-corrected chi connectivity index (χ3v) is 5.05. The van der Waals surface area contributed by atoms with Gasteiger partial charge in [-0.15, -0.1) is 0 Å². The van der Waals surface area contributed by atoms with Crippen LogP contribution in [0.1, 0.15) is 63.4 Å². The summed E-state index contributed by atoms with van der Waals surface area (Å²) >= 11 is 0. The number of carbonyl (C=O) groups is 2. The zero-order valence-electron chi connectivity index (χ0n) is 13.9. The van der Waals surface area contributed by atoms with Crippen LogP contribution in [0.5, 0.6) is 0 Å². The second kappa shape index (κ2) is 9.49. The first-order valence-electron chi connectivity index (χ1n) is 8.95. The average Bonchev–Trinajstić information content (AvgIpc) is 2.90. The van der Waals surface area contributed by atoms with E-state index in [-0.39, 0.29) is 12.3 Å². The van der Waals surface area contributed by atoms with Crippen LogP contribution in [0.4, 0.5) is 0 Å². The number of hydrogen-bond acceptors (Lipinski definition) is 2. The van der Waals surface area contributed by atoms with Crippen molar-refractivity contribution in [3.63, 3.8) is 0 Å². The molecular formula is C20H28O3. The predicted octanol–water partition coefficient (Wildman–Crippen LogP) is 4.64. The first-order chi connectivity index (χ1) is 11.2. The smallest absolute Gasteiger partial charge is 0.303 e. The Hall–Kier alpha value is -1.64. The fourth-order valence-corrected chi connectivity index (χ4v) is 3.71. The summed E-state index contributed by atoms with van der Waals surface area (Å²) < 4.78 is 0. The van der Waals surface area contributed by atoms with Gasteiger partial charge in [-0.3, -0.25) is 9.59 Å². The Labute approximate surface area is 139 Å². The van der Waals surface area contributed by atoms with Crippen LogP contribution in [0.25, 0.3) is 0 Å². The number of benzene rings is 1. The fraction of sp³-hybridized carbons (Fsp3) is 0.600. The van der Waals surface area contributed by atoms with E-state index in [0.717, 1.165) is 57.8 Å². The zero-order chi connectivity index (χ0) is 16.5. The third-order valence-electron chi connectivity index (χ3n) is 5.05. The number of carboxylic acids is 1. The number of carbonyl (C=O) groups excluding carboxylic acids is 1. The van der Waals surface area contributed by atoms with Gasteiger partial charge in [-0.05, 0) is 43.6 Å². The molecule has 1 aromatic rings. The van der Waals surface area contributed by atoms with E-state index in [2.05, 4.69) is 24.3 Å². The monoisotopic (exact) mass is 316 g/mol. The van der Waals surface area contributed by atoms with Crippen molar-refractivity contribution in [2.75, 3.05) is 0 Å². The number of rotatable bonds is 10. The highest BCUT2D eigenvalue weighted by Crippen LogP contribution is 2.35. The molecule has 2 atom stereocenters. The molecule has 1 aliphatic rings. The quantitative estimate of drug-likeness (QED) is 0.640. The molecule has 1 aliphatic carbocycles. The van der Waals surface area contributed by atoms with Gasteiger partial charge in [-0.1, -0.05) is 49.6 Å². The minimum atomic E-state index is -0.711. The number of hydrogen-bond donors (Lipinski definition) is 1. The second-order valence-electron chi connectivity index (χ2n) is 6.74. The van der Waals surface area contributed by atoms with E-state index in [1.165, 1.54) is 5.56 Å². The molecule has 0 radical (unpaired) electrons. The molecule has 0 bridgehead atoms. The molecule has 1 saturated carbocycles. The van der Waals surface area contributed by atoms with Crippen LogP contribution in [0.2, 0.25) is 0 Å². The molecule has 0 spiro atoms. The predicted molar refractivity (Wildman–Crippen MR) is 91.3 cm³/mol. The van der Waals surface area contributed by atoms with Crippen LogP contribution in [-0.2, 0) is 16.0 Å². The molecule has 23 heavy (non-hydrogen) atoms. The Balaban J connectivity index is 1.68. The van der Waals surface area contributed by atoms with Crippen molar-refractivity contribution >= 4 is 11.8 Å². The highest BCUT2D eigenvalue weighted by atomic mass is 16.4. The summed E-state index contributed by atoms with van der Waals surface area (Å²) in [6.45, 7) is 0. The Morgan fingerprint density at radius 2 is 1.78 bits per heavy atom. The summed E-state index contributed by atoms with van der Waals surface area (Å²) in [6, 6.07) is 10.5. The van der Waals surface area contributed by atoms with Crippen LogP contribution >= 0.6 is 0 Å². The van der Waals surface area contributed by atoms with Gasteiger partial charge in [-0.2, -0.15) is 0 Å². The van der Waals surface area contributed by atoms with Crippen molar-refractivity contribution in [3.05, 3.63) is 35.9 Å². The van der Waals surface area contributed by atoms with Gasteiger partial charge in [0.05, 0.1) is 0 Å². The maximum absolute atomic E-state index is 12.1. The molecule has 0 aromatic heterocycles. The van der Waals surface area contributed by atoms with Crippen molar-refractivity contribution in [1.29, 1.82) is 0 Å². The normalized spacial score (nSPS) is 20.8. The number of aliphatic carboxylic acids is 1. The molecule has 2 unspecified atom stereocenters. The lowest BCUT2D eigenvalue weighted by Gasteiger charge is -2.18. The minimum absolute atomic E-state index is 0.248. The van der Waals surface area contributed by atoms with E-state index in [4.69, 9.17) is 5.11 Å². The van der Waals surface area contributed by atoms with E-state index >= 15 is 0 Å². The van der Waals surface area contributed by atoms with Crippen molar-refractivity contribution in [2.24, 2.45) is 11.8 Å². The molecule has 0 aliphatic heterocycles. The lowest BCUT2D eigenvalue weighted by molar-refractivity contribution is -0.137. The van der Waals surface area contributed by atoms with E-state index in [1.807, 2.05) is 6.07 Å². The lowest BCUT2D eigenvalue weighted by Crippen LogP contribution is -2.15. The highest BCUT2D eigenvalue weighted by Gasteiger charge is 2.33. The number of carboxylic acid groups (broad SMARTS) is 1. The summed E-state index contributed by atoms with van der Waals surface area (Å²) in [6.07, 6.45) is 9.05. The zero-order valence-corrected chi connectivity index (χ0v) is 13.9. The lowest BCUT2D eigenvalue weighted by atomic mass is 9.86. The van der Waals surface area contributed by atoms with Gasteiger partial charge < -0.3 is 5.11 Å². The van der Waals surface area contributed by atoms with Gasteiger partial charge in [-0.25, -0.2) is 0 Å². The molecule has 1 aromatic carbocycles. The third kappa shape index (κ3) is 6.17. The summed E-state index contributed by atoms with van der Waals surface area (Å²) in [5.41, 5.74) is 1.36. The largest absolute Gasteiger partial charge is 0.481 e. The summed E-state index contributed by atoms with van der Waals surface area (Å²) in [4.78, 5) is 22.6. The number of unbranched alkanes of at least 4 members (excludes halogenated alkanes) is 3. The fourth-order valence-electron chi connectivity index (χ4n) is 3.71. The van der Waals surface area contributed by atoms with Crippen molar-refractivity contribution in [2.45, 2.75) is 64.2 Å². The van der Waals surface area contributed by atoms with Gasteiger partial charge in [0, 0.05) is 18.8 Å². The molecule has 1 N–H and O–H groups in total. The van der Waals surface area contributed by atoms with Gasteiger partial charge >= 0.3 is 5.97 Å². The Morgan fingerprint density at radius 3 is 2.52 bits per heavy atom. The van der Waals surface area contributed by atoms with Crippen LogP contribution < -0.4 is 0 Å². The summed E-state index contributed by atoms with van der Waals surface area (Å²) in [5.74, 6) is 0.533. The average molecular weight is 316 g/mol. The van der Waals surface area contributed by atoms with E-state index in [9.17, 15) is 9.59 Å². The standard InChI is InChI=1S/C20H28O3/c21-19-15-14-17(13-12-16-8-4-3-5-9-16)18(19)10-6-1-2-7-11-20(22)23/h3-5,8-9,17-18H,1-2,6-7,10-15H2,(H,22,23). The van der Waals surface area contributed by atoms with E-state index < -0.39 is 5.97 Å². The molecule has 1 fully saturated rings. The van der Waals surface area contributed by atoms with E-state index in [1.54, 1.807) is 0 Å². The van der Waals surface area contributed by atoms with Crippen LogP contribution in [0.3, 0.4) is 0 Å². The van der Waals surface area contributed by atoms with Crippen LogP contribution in [0.15, 0.2) is 30.3 Å². The Bertz CT molecular complexity index is 495. The number of ketones is 1. The molecule has 0 saturated heterocycles. The Morgan fingerprint density at radius 1 is 1.04 bits per heavy atom. The maximum Gasteiger partial charge on any atom is 0.303 e. The molecule has 0 heterocycles. The topological polar surface area (TPSA) is 54.4 Å². The van der Waals surface area contributed by atoms with Gasteiger partial charge in [0.25, 0.3) is 0 Å².